The summed E-state index contributed by atoms with van der Waals surface area (Å²) in [5, 5.41) is 9.35. The summed E-state index contributed by atoms with van der Waals surface area (Å²) in [6.45, 7) is 0. The highest BCUT2D eigenvalue weighted by atomic mass is 32.2. The van der Waals surface area contributed by atoms with E-state index in [4.69, 9.17) is 0 Å². The lowest BCUT2D eigenvalue weighted by atomic mass is 10.7. The van der Waals surface area contributed by atoms with Crippen LogP contribution in [0.4, 0.5) is 5.82 Å². The van der Waals surface area contributed by atoms with Crippen LogP contribution in [0.1, 0.15) is 0 Å². The fourth-order valence-corrected chi connectivity index (χ4v) is 1.75. The van der Waals surface area contributed by atoms with Gasteiger partial charge in [-0.15, -0.1) is 0 Å². The molecule has 0 bridgehead atoms. The van der Waals surface area contributed by atoms with Crippen LogP contribution in [-0.4, -0.2) is 23.8 Å². The van der Waals surface area contributed by atoms with Crippen molar-refractivity contribution in [3.63, 3.8) is 0 Å². The molecular formula is C6H6N4O3S. The Morgan fingerprint density at radius 3 is 2.93 bits per heavy atom. The topological polar surface area (TPSA) is 101 Å². The third kappa shape index (κ3) is 1.59. The first-order valence-corrected chi connectivity index (χ1v) is 5.09. The fourth-order valence-electron chi connectivity index (χ4n) is 0.848. The minimum absolute atomic E-state index is 0.0421. The van der Waals surface area contributed by atoms with Crippen molar-refractivity contribution < 1.29 is 12.9 Å². The number of anilines is 1. The predicted molar refractivity (Wildman–Crippen MR) is 45.9 cm³/mol. The molecule has 2 aromatic rings. The molecule has 74 valence electrons. The smallest absolute Gasteiger partial charge is 0.266 e. The van der Waals surface area contributed by atoms with E-state index in [1.165, 1.54) is 24.7 Å². The fraction of sp³-hybridized carbons (Fsp3) is 0. The minimum Gasteiger partial charge on any atom is -0.363 e. The number of aromatic amines is 1. The van der Waals surface area contributed by atoms with Gasteiger partial charge in [-0.3, -0.25) is 9.82 Å². The molecule has 0 atom stereocenters. The molecule has 0 spiro atoms. The van der Waals surface area contributed by atoms with Crippen LogP contribution in [0.25, 0.3) is 0 Å². The molecule has 0 aliphatic carbocycles. The molecule has 0 unspecified atom stereocenters. The summed E-state index contributed by atoms with van der Waals surface area (Å²) < 4.78 is 29.7. The molecule has 2 aromatic heterocycles. The average Bonchev–Trinajstić information content (AvgIpc) is 2.71. The van der Waals surface area contributed by atoms with Gasteiger partial charge in [0.15, 0.2) is 5.82 Å². The van der Waals surface area contributed by atoms with Crippen molar-refractivity contribution in [1.29, 1.82) is 0 Å². The van der Waals surface area contributed by atoms with Gasteiger partial charge in [0.25, 0.3) is 10.0 Å². The van der Waals surface area contributed by atoms with E-state index in [0.717, 1.165) is 0 Å². The standard InChI is InChI=1S/C6H6N4O3S/c11-14(12,5-3-7-8-4-5)10-6-1-2-13-9-6/h1-4H,(H,7,8)(H,9,10). The summed E-state index contributed by atoms with van der Waals surface area (Å²) in [5.74, 6) is 0.131. The second-order valence-electron chi connectivity index (χ2n) is 2.42. The average molecular weight is 214 g/mol. The van der Waals surface area contributed by atoms with Crippen LogP contribution in [0.3, 0.4) is 0 Å². The van der Waals surface area contributed by atoms with E-state index in [1.54, 1.807) is 0 Å². The third-order valence-corrected chi connectivity index (χ3v) is 2.78. The Morgan fingerprint density at radius 2 is 2.36 bits per heavy atom. The van der Waals surface area contributed by atoms with Gasteiger partial charge in [0, 0.05) is 12.3 Å². The molecule has 0 amide bonds. The Morgan fingerprint density at radius 1 is 1.50 bits per heavy atom. The molecule has 8 heteroatoms. The molecule has 0 saturated heterocycles. The highest BCUT2D eigenvalue weighted by molar-refractivity contribution is 7.92. The van der Waals surface area contributed by atoms with E-state index in [0.29, 0.717) is 0 Å². The van der Waals surface area contributed by atoms with Gasteiger partial charge in [-0.05, 0) is 0 Å². The highest BCUT2D eigenvalue weighted by Crippen LogP contribution is 2.11. The lowest BCUT2D eigenvalue weighted by Gasteiger charge is -1.99. The molecule has 0 aromatic carbocycles. The number of hydrogen-bond donors (Lipinski definition) is 2. The molecule has 0 aliphatic rings. The summed E-state index contributed by atoms with van der Waals surface area (Å²) in [5.41, 5.74) is 0. The lowest BCUT2D eigenvalue weighted by molar-refractivity contribution is 0.423. The van der Waals surface area contributed by atoms with Crippen LogP contribution in [0.2, 0.25) is 0 Å². The van der Waals surface area contributed by atoms with Gasteiger partial charge >= 0.3 is 0 Å². The van der Waals surface area contributed by atoms with E-state index in [1.807, 2.05) is 0 Å². The zero-order valence-corrected chi connectivity index (χ0v) is 7.65. The highest BCUT2D eigenvalue weighted by Gasteiger charge is 2.16. The predicted octanol–water partition coefficient (Wildman–Crippen LogP) is 0.198. The molecule has 0 fully saturated rings. The normalized spacial score (nSPS) is 11.4. The van der Waals surface area contributed by atoms with Gasteiger partial charge in [-0.25, -0.2) is 8.42 Å². The van der Waals surface area contributed by atoms with E-state index >= 15 is 0 Å². The van der Waals surface area contributed by atoms with Gasteiger partial charge in [-0.1, -0.05) is 5.16 Å². The third-order valence-electron chi connectivity index (χ3n) is 1.46. The van der Waals surface area contributed by atoms with Crippen molar-refractivity contribution in [3.8, 4) is 0 Å². The summed E-state index contributed by atoms with van der Waals surface area (Å²) >= 11 is 0. The maximum absolute atomic E-state index is 11.5. The maximum Gasteiger partial charge on any atom is 0.266 e. The van der Waals surface area contributed by atoms with Gasteiger partial charge in [0.05, 0.1) is 6.20 Å². The molecule has 0 saturated carbocycles. The Labute approximate surface area is 79.2 Å². The SMILES string of the molecule is O=S(=O)(Nc1ccon1)c1cn[nH]c1. The second-order valence-corrected chi connectivity index (χ2v) is 4.11. The number of aromatic nitrogens is 3. The minimum atomic E-state index is -3.61. The van der Waals surface area contributed by atoms with Crippen molar-refractivity contribution in [1.82, 2.24) is 15.4 Å². The Kier molecular flexibility index (Phi) is 1.97. The van der Waals surface area contributed by atoms with Gasteiger partial charge in [0.2, 0.25) is 0 Å². The molecule has 14 heavy (non-hydrogen) atoms. The lowest BCUT2D eigenvalue weighted by Crippen LogP contribution is -2.12. The summed E-state index contributed by atoms with van der Waals surface area (Å²) in [4.78, 5) is 0.0421. The van der Waals surface area contributed by atoms with Crippen LogP contribution in [0.15, 0.2) is 34.1 Å². The zero-order valence-electron chi connectivity index (χ0n) is 6.84. The van der Waals surface area contributed by atoms with Crippen LogP contribution in [-0.2, 0) is 10.0 Å². The summed E-state index contributed by atoms with van der Waals surface area (Å²) in [6, 6.07) is 1.40. The largest absolute Gasteiger partial charge is 0.363 e. The zero-order chi connectivity index (χ0) is 10.0. The van der Waals surface area contributed by atoms with Crippen molar-refractivity contribution in [2.75, 3.05) is 4.72 Å². The van der Waals surface area contributed by atoms with Crippen LogP contribution < -0.4 is 4.72 Å². The molecular weight excluding hydrogens is 208 g/mol. The molecule has 7 nitrogen and oxygen atoms in total. The second kappa shape index (κ2) is 3.14. The van der Waals surface area contributed by atoms with Gasteiger partial charge in [-0.2, -0.15) is 5.10 Å². The molecule has 0 aliphatic heterocycles. The van der Waals surface area contributed by atoms with Gasteiger partial charge < -0.3 is 4.52 Å². The van der Waals surface area contributed by atoms with E-state index < -0.39 is 10.0 Å². The number of nitrogens with one attached hydrogen (secondary N) is 2. The number of rotatable bonds is 3. The van der Waals surface area contributed by atoms with E-state index in [9.17, 15) is 8.42 Å². The Bertz CT molecular complexity index is 487. The quantitative estimate of drug-likeness (QED) is 0.759. The van der Waals surface area contributed by atoms with Crippen molar-refractivity contribution in [3.05, 3.63) is 24.7 Å². The molecule has 2 heterocycles. The monoisotopic (exact) mass is 214 g/mol. The van der Waals surface area contributed by atoms with Gasteiger partial charge in [0.1, 0.15) is 11.2 Å². The number of sulfonamides is 1. The number of nitrogens with zero attached hydrogens (tertiary/aromatic N) is 2. The van der Waals surface area contributed by atoms with Crippen molar-refractivity contribution >= 4 is 15.8 Å². The van der Waals surface area contributed by atoms with E-state index in [2.05, 4.69) is 24.6 Å². The molecule has 2 N–H and O–H groups in total. The molecule has 0 radical (unpaired) electrons. The van der Waals surface area contributed by atoms with Crippen molar-refractivity contribution in [2.45, 2.75) is 4.90 Å². The number of hydrogen-bond acceptors (Lipinski definition) is 5. The Hall–Kier alpha value is -1.83. The molecule has 2 rings (SSSR count). The first-order chi connectivity index (χ1) is 6.68. The summed E-state index contributed by atoms with van der Waals surface area (Å²) in [7, 11) is -3.61. The Balaban J connectivity index is 2.27. The van der Waals surface area contributed by atoms with Crippen molar-refractivity contribution in [2.24, 2.45) is 0 Å². The van der Waals surface area contributed by atoms with Crippen LogP contribution in [0.5, 0.6) is 0 Å². The first-order valence-electron chi connectivity index (χ1n) is 3.60. The van der Waals surface area contributed by atoms with Crippen LogP contribution in [0, 0.1) is 0 Å². The van der Waals surface area contributed by atoms with E-state index in [-0.39, 0.29) is 10.7 Å². The summed E-state index contributed by atoms with van der Waals surface area (Å²) in [6.07, 6.45) is 3.73. The number of H-pyrrole nitrogens is 1. The first kappa shape index (κ1) is 8.75. The maximum atomic E-state index is 11.5. The van der Waals surface area contributed by atoms with Crippen LogP contribution >= 0.6 is 0 Å².